The highest BCUT2D eigenvalue weighted by Crippen LogP contribution is 2.28. The topological polar surface area (TPSA) is 44.1 Å². The lowest BCUT2D eigenvalue weighted by Gasteiger charge is -2.19. The van der Waals surface area contributed by atoms with Crippen LogP contribution in [0.5, 0.6) is 0 Å². The first-order valence-electron chi connectivity index (χ1n) is 11.9. The Morgan fingerprint density at radius 2 is 1.85 bits per heavy atom. The van der Waals surface area contributed by atoms with E-state index in [4.69, 9.17) is 16.9 Å². The van der Waals surface area contributed by atoms with Gasteiger partial charge in [0.2, 0.25) is 5.91 Å². The van der Waals surface area contributed by atoms with Gasteiger partial charge in [-0.25, -0.2) is 4.39 Å². The van der Waals surface area contributed by atoms with Gasteiger partial charge in [0.15, 0.2) is 0 Å². The average Bonchev–Trinajstić information content (AvgIpc) is 3.48. The first-order valence-corrected chi connectivity index (χ1v) is 12.3. The van der Waals surface area contributed by atoms with E-state index in [2.05, 4.69) is 11.8 Å². The van der Waals surface area contributed by atoms with Gasteiger partial charge in [0.1, 0.15) is 11.9 Å². The van der Waals surface area contributed by atoms with Crippen molar-refractivity contribution in [2.24, 2.45) is 11.8 Å². The Morgan fingerprint density at radius 1 is 1.15 bits per heavy atom. The van der Waals surface area contributed by atoms with Gasteiger partial charge in [-0.05, 0) is 86.4 Å². The van der Waals surface area contributed by atoms with Crippen molar-refractivity contribution in [3.05, 3.63) is 69.5 Å². The molecule has 2 aliphatic rings. The van der Waals surface area contributed by atoms with Crippen molar-refractivity contribution in [3.63, 3.8) is 0 Å². The maximum atomic E-state index is 12.5. The lowest BCUT2D eigenvalue weighted by molar-refractivity contribution is -0.134. The van der Waals surface area contributed by atoms with E-state index >= 15 is 0 Å². The first kappa shape index (κ1) is 26.9. The molecule has 1 saturated carbocycles. The Labute approximate surface area is 203 Å². The Hall–Kier alpha value is -2.38. The fourth-order valence-corrected chi connectivity index (χ4v) is 4.58. The highest BCUT2D eigenvalue weighted by molar-refractivity contribution is 6.31. The molecule has 0 N–H and O–H groups in total. The second kappa shape index (κ2) is 13.4. The molecule has 1 aliphatic heterocycles. The summed E-state index contributed by atoms with van der Waals surface area (Å²) in [5.41, 5.74) is 3.88. The fraction of sp³-hybridized carbons (Fsp3) is 0.500. The molecule has 0 radical (unpaired) electrons. The van der Waals surface area contributed by atoms with E-state index in [0.717, 1.165) is 49.4 Å². The lowest BCUT2D eigenvalue weighted by atomic mass is 10.1. The minimum Gasteiger partial charge on any atom is -0.342 e. The molecule has 0 spiro atoms. The number of carbonyl (C=O) groups is 1. The van der Waals surface area contributed by atoms with E-state index in [1.807, 2.05) is 39.0 Å². The molecular formula is C28H36ClFN2O. The van der Waals surface area contributed by atoms with Crippen LogP contribution < -0.4 is 0 Å². The van der Waals surface area contributed by atoms with Crippen LogP contribution in [0.2, 0.25) is 5.02 Å². The summed E-state index contributed by atoms with van der Waals surface area (Å²) in [4.78, 5) is 14.0. The minimum absolute atomic E-state index is 0.137. The number of hydrogen-bond donors (Lipinski definition) is 0. The number of nitrogens with zero attached hydrogens (tertiary/aromatic N) is 2. The summed E-state index contributed by atoms with van der Waals surface area (Å²) in [5.74, 6) is 1.42. The third-order valence-electron chi connectivity index (χ3n) is 6.38. The molecule has 2 fully saturated rings. The molecule has 1 saturated heterocycles. The Kier molecular flexibility index (Phi) is 10.9. The van der Waals surface area contributed by atoms with E-state index in [-0.39, 0.29) is 5.82 Å². The number of likely N-dealkylation sites (tertiary alicyclic amines) is 1. The van der Waals surface area contributed by atoms with E-state index in [1.54, 1.807) is 18.2 Å². The van der Waals surface area contributed by atoms with Crippen LogP contribution in [-0.4, -0.2) is 23.9 Å². The predicted octanol–water partition coefficient (Wildman–Crippen LogP) is 7.26. The van der Waals surface area contributed by atoms with Crippen LogP contribution in [0.1, 0.15) is 68.2 Å². The fourth-order valence-electron chi connectivity index (χ4n) is 4.30. The third-order valence-corrected chi connectivity index (χ3v) is 6.69. The molecule has 4 rings (SSSR count). The zero-order valence-electron chi connectivity index (χ0n) is 20.3. The third kappa shape index (κ3) is 8.48. The maximum absolute atomic E-state index is 12.5. The highest BCUT2D eigenvalue weighted by Gasteiger charge is 2.30. The van der Waals surface area contributed by atoms with Crippen molar-refractivity contribution < 1.29 is 9.18 Å². The van der Waals surface area contributed by atoms with Crippen molar-refractivity contribution >= 4 is 17.5 Å². The largest absolute Gasteiger partial charge is 0.342 e. The SMILES string of the molecule is CC1CCN(C(=O)C2CCCC2)C1.CCc1cc(F)ccc1C.Cc1ccc(C#N)c(Cl)c1. The molecule has 2 aromatic carbocycles. The van der Waals surface area contributed by atoms with E-state index in [9.17, 15) is 9.18 Å². The number of halogens is 2. The van der Waals surface area contributed by atoms with Crippen LogP contribution in [0.3, 0.4) is 0 Å². The molecule has 33 heavy (non-hydrogen) atoms. The molecule has 0 aromatic heterocycles. The van der Waals surface area contributed by atoms with E-state index in [0.29, 0.717) is 22.4 Å². The maximum Gasteiger partial charge on any atom is 0.225 e. The predicted molar refractivity (Wildman–Crippen MR) is 134 cm³/mol. The van der Waals surface area contributed by atoms with Crippen LogP contribution in [0.4, 0.5) is 4.39 Å². The van der Waals surface area contributed by atoms with Gasteiger partial charge in [-0.3, -0.25) is 4.79 Å². The number of aryl methyl sites for hydroxylation is 3. The summed E-state index contributed by atoms with van der Waals surface area (Å²) >= 11 is 5.71. The van der Waals surface area contributed by atoms with Gasteiger partial charge in [0, 0.05) is 19.0 Å². The average molecular weight is 471 g/mol. The molecule has 1 unspecified atom stereocenters. The first-order chi connectivity index (χ1) is 15.7. The van der Waals surface area contributed by atoms with Crippen LogP contribution in [0, 0.1) is 42.8 Å². The number of hydrogen-bond acceptors (Lipinski definition) is 2. The van der Waals surface area contributed by atoms with Crippen molar-refractivity contribution in [1.29, 1.82) is 5.26 Å². The summed E-state index contributed by atoms with van der Waals surface area (Å²) in [6.45, 7) is 10.2. The van der Waals surface area contributed by atoms with Gasteiger partial charge in [-0.2, -0.15) is 5.26 Å². The van der Waals surface area contributed by atoms with Crippen molar-refractivity contribution in [3.8, 4) is 6.07 Å². The number of nitriles is 1. The van der Waals surface area contributed by atoms with Crippen LogP contribution in [0.25, 0.3) is 0 Å². The molecule has 1 atom stereocenters. The molecule has 5 heteroatoms. The second-order valence-electron chi connectivity index (χ2n) is 9.18. The summed E-state index contributed by atoms with van der Waals surface area (Å²) in [6, 6.07) is 12.3. The zero-order chi connectivity index (χ0) is 24.4. The highest BCUT2D eigenvalue weighted by atomic mass is 35.5. The standard InChI is InChI=1S/C11H19NO.C9H11F.C8H6ClN/c1-9-6-7-12(8-9)11(13)10-4-2-3-5-10;1-3-8-6-9(10)5-4-7(8)2;1-6-2-3-7(5-10)8(9)4-6/h9-10H,2-8H2,1H3;4-6H,3H2,1-2H3;2-4H,1H3. The number of rotatable bonds is 2. The summed E-state index contributed by atoms with van der Waals surface area (Å²) in [5, 5.41) is 9.00. The van der Waals surface area contributed by atoms with Crippen molar-refractivity contribution in [2.45, 2.75) is 66.2 Å². The van der Waals surface area contributed by atoms with Crippen LogP contribution >= 0.6 is 11.6 Å². The van der Waals surface area contributed by atoms with E-state index in [1.165, 1.54) is 30.9 Å². The molecule has 0 bridgehead atoms. The smallest absolute Gasteiger partial charge is 0.225 e. The monoisotopic (exact) mass is 470 g/mol. The van der Waals surface area contributed by atoms with Crippen molar-refractivity contribution in [1.82, 2.24) is 4.90 Å². The Balaban J connectivity index is 0.000000178. The lowest BCUT2D eigenvalue weighted by Crippen LogP contribution is -2.33. The number of carbonyl (C=O) groups excluding carboxylic acids is 1. The van der Waals surface area contributed by atoms with Gasteiger partial charge in [-0.1, -0.05) is 50.4 Å². The molecule has 1 amide bonds. The van der Waals surface area contributed by atoms with E-state index < -0.39 is 0 Å². The zero-order valence-corrected chi connectivity index (χ0v) is 21.1. The quantitative estimate of drug-likeness (QED) is 0.463. The van der Waals surface area contributed by atoms with Crippen LogP contribution in [0.15, 0.2) is 36.4 Å². The van der Waals surface area contributed by atoms with Gasteiger partial charge in [0.05, 0.1) is 10.6 Å². The summed E-state index contributed by atoms with van der Waals surface area (Å²) < 4.78 is 12.5. The number of amides is 1. The Bertz CT molecular complexity index is 954. The van der Waals surface area contributed by atoms with Crippen LogP contribution in [-0.2, 0) is 11.2 Å². The van der Waals surface area contributed by atoms with Gasteiger partial charge in [-0.15, -0.1) is 0 Å². The van der Waals surface area contributed by atoms with Gasteiger partial charge >= 0.3 is 0 Å². The molecule has 2 aromatic rings. The molecule has 178 valence electrons. The second-order valence-corrected chi connectivity index (χ2v) is 9.59. The minimum atomic E-state index is -0.137. The molecule has 3 nitrogen and oxygen atoms in total. The van der Waals surface area contributed by atoms with Crippen molar-refractivity contribution in [2.75, 3.05) is 13.1 Å². The van der Waals surface area contributed by atoms with Gasteiger partial charge in [0.25, 0.3) is 0 Å². The van der Waals surface area contributed by atoms with Gasteiger partial charge < -0.3 is 4.90 Å². The molecule has 1 aliphatic carbocycles. The molecule has 1 heterocycles. The summed E-state index contributed by atoms with van der Waals surface area (Å²) in [7, 11) is 0. The summed E-state index contributed by atoms with van der Waals surface area (Å²) in [6.07, 6.45) is 6.93. The molecular weight excluding hydrogens is 435 g/mol. The Morgan fingerprint density at radius 3 is 2.36 bits per heavy atom. The normalized spacial score (nSPS) is 17.5. The number of benzene rings is 2.